The zero-order chi connectivity index (χ0) is 21.5. The van der Waals surface area contributed by atoms with Crippen molar-refractivity contribution in [2.24, 2.45) is 5.92 Å². The van der Waals surface area contributed by atoms with Gasteiger partial charge in [0.05, 0.1) is 6.61 Å². The third kappa shape index (κ3) is 5.80. The quantitative estimate of drug-likeness (QED) is 0.391. The third-order valence-electron chi connectivity index (χ3n) is 6.29. The van der Waals surface area contributed by atoms with E-state index >= 15 is 0 Å². The first-order valence-electron chi connectivity index (χ1n) is 11.7. The van der Waals surface area contributed by atoms with Gasteiger partial charge in [0.25, 0.3) is 0 Å². The molecule has 1 aliphatic rings. The Labute approximate surface area is 187 Å². The van der Waals surface area contributed by atoms with Crippen LogP contribution in [-0.4, -0.2) is 6.61 Å². The maximum absolute atomic E-state index is 5.67. The fourth-order valence-corrected chi connectivity index (χ4v) is 4.29. The first-order valence-corrected chi connectivity index (χ1v) is 11.7. The molecule has 31 heavy (non-hydrogen) atoms. The van der Waals surface area contributed by atoms with Crippen molar-refractivity contribution in [2.45, 2.75) is 51.9 Å². The van der Waals surface area contributed by atoms with Crippen LogP contribution in [0.2, 0.25) is 0 Å². The van der Waals surface area contributed by atoms with Crippen molar-refractivity contribution in [1.82, 2.24) is 0 Å². The third-order valence-corrected chi connectivity index (χ3v) is 6.29. The Balaban J connectivity index is 1.38. The summed E-state index contributed by atoms with van der Waals surface area (Å²) in [5, 5.41) is 0. The second kappa shape index (κ2) is 10.4. The van der Waals surface area contributed by atoms with Crippen LogP contribution in [0.25, 0.3) is 11.1 Å². The molecule has 1 heteroatoms. The first-order chi connectivity index (χ1) is 15.2. The molecule has 0 amide bonds. The molecule has 0 aliphatic heterocycles. The number of benzene rings is 3. The molecule has 3 aromatic carbocycles. The zero-order valence-corrected chi connectivity index (χ0v) is 18.7. The Bertz CT molecular complexity index is 1010. The smallest absolute Gasteiger partial charge is 0.119 e. The van der Waals surface area contributed by atoms with Crippen LogP contribution in [0.4, 0.5) is 0 Å². The molecule has 4 rings (SSSR count). The molecule has 3 aromatic rings. The van der Waals surface area contributed by atoms with Gasteiger partial charge >= 0.3 is 0 Å². The van der Waals surface area contributed by atoms with E-state index in [0.29, 0.717) is 0 Å². The fourth-order valence-electron chi connectivity index (χ4n) is 4.29. The molecule has 1 aliphatic carbocycles. The minimum Gasteiger partial charge on any atom is -0.494 e. The van der Waals surface area contributed by atoms with Gasteiger partial charge in [0.15, 0.2) is 0 Å². The lowest BCUT2D eigenvalue weighted by atomic mass is 9.79. The summed E-state index contributed by atoms with van der Waals surface area (Å²) < 4.78 is 5.67. The molecule has 0 atom stereocenters. The van der Waals surface area contributed by atoms with E-state index in [1.54, 1.807) is 0 Å². The molecular formula is C30H32O. The highest BCUT2D eigenvalue weighted by molar-refractivity contribution is 5.65. The SMILES string of the molecule is CCCOc1ccc(-c2ccc(C#Cc3ccc(C4CCC(C)CC4)cc3)cc2)cc1. The van der Waals surface area contributed by atoms with E-state index in [2.05, 4.69) is 86.4 Å². The van der Waals surface area contributed by atoms with E-state index < -0.39 is 0 Å². The Morgan fingerprint density at radius 1 is 0.710 bits per heavy atom. The first kappa shape index (κ1) is 21.3. The number of rotatable bonds is 5. The lowest BCUT2D eigenvalue weighted by molar-refractivity contribution is 0.317. The van der Waals surface area contributed by atoms with Gasteiger partial charge in [0, 0.05) is 11.1 Å². The molecule has 0 N–H and O–H groups in total. The monoisotopic (exact) mass is 408 g/mol. The van der Waals surface area contributed by atoms with Crippen molar-refractivity contribution in [2.75, 3.05) is 6.61 Å². The summed E-state index contributed by atoms with van der Waals surface area (Å²) in [5.41, 5.74) is 5.99. The molecule has 0 aromatic heterocycles. The van der Waals surface area contributed by atoms with Gasteiger partial charge in [-0.15, -0.1) is 0 Å². The van der Waals surface area contributed by atoms with Crippen LogP contribution in [0, 0.1) is 17.8 Å². The molecule has 1 nitrogen and oxygen atoms in total. The number of ether oxygens (including phenoxy) is 1. The fraction of sp³-hybridized carbons (Fsp3) is 0.333. The van der Waals surface area contributed by atoms with Crippen molar-refractivity contribution >= 4 is 0 Å². The largest absolute Gasteiger partial charge is 0.494 e. The summed E-state index contributed by atoms with van der Waals surface area (Å²) in [6, 6.07) is 25.7. The van der Waals surface area contributed by atoms with Crippen molar-refractivity contribution < 1.29 is 4.74 Å². The van der Waals surface area contributed by atoms with Gasteiger partial charge in [0.1, 0.15) is 5.75 Å². The van der Waals surface area contributed by atoms with E-state index in [-0.39, 0.29) is 0 Å². The summed E-state index contributed by atoms with van der Waals surface area (Å²) in [7, 11) is 0. The standard InChI is InChI=1S/C30H32O/c1-3-22-31-30-20-18-29(19-21-30)28-16-10-25(11-17-28)7-6-24-8-14-27(15-9-24)26-12-4-23(2)5-13-26/h8-11,14-21,23,26H,3-5,12-13,22H2,1-2H3. The Kier molecular flexibility index (Phi) is 7.11. The molecule has 0 radical (unpaired) electrons. The van der Waals surface area contributed by atoms with Crippen LogP contribution < -0.4 is 4.74 Å². The molecule has 1 fully saturated rings. The summed E-state index contributed by atoms with van der Waals surface area (Å²) in [5.74, 6) is 9.18. The Morgan fingerprint density at radius 2 is 1.23 bits per heavy atom. The minimum atomic E-state index is 0.734. The van der Waals surface area contributed by atoms with Gasteiger partial charge in [-0.1, -0.05) is 74.9 Å². The van der Waals surface area contributed by atoms with Crippen LogP contribution in [0.1, 0.15) is 68.6 Å². The second-order valence-electron chi connectivity index (χ2n) is 8.78. The van der Waals surface area contributed by atoms with Crippen LogP contribution in [0.5, 0.6) is 5.75 Å². The molecule has 0 saturated heterocycles. The van der Waals surface area contributed by atoms with Gasteiger partial charge in [-0.05, 0) is 84.2 Å². The van der Waals surface area contributed by atoms with Crippen LogP contribution in [0.3, 0.4) is 0 Å². The van der Waals surface area contributed by atoms with Gasteiger partial charge in [-0.3, -0.25) is 0 Å². The second-order valence-corrected chi connectivity index (χ2v) is 8.78. The van der Waals surface area contributed by atoms with Gasteiger partial charge in [0.2, 0.25) is 0 Å². The lowest BCUT2D eigenvalue weighted by Crippen LogP contribution is -2.10. The maximum Gasteiger partial charge on any atom is 0.119 e. The lowest BCUT2D eigenvalue weighted by Gasteiger charge is -2.26. The summed E-state index contributed by atoms with van der Waals surface area (Å²) in [4.78, 5) is 0. The minimum absolute atomic E-state index is 0.734. The zero-order valence-electron chi connectivity index (χ0n) is 18.7. The van der Waals surface area contributed by atoms with E-state index in [1.165, 1.54) is 42.4 Å². The average molecular weight is 409 g/mol. The van der Waals surface area contributed by atoms with Crippen LogP contribution in [0.15, 0.2) is 72.8 Å². The van der Waals surface area contributed by atoms with E-state index in [4.69, 9.17) is 4.74 Å². The van der Waals surface area contributed by atoms with Crippen LogP contribution in [-0.2, 0) is 0 Å². The maximum atomic E-state index is 5.67. The van der Waals surface area contributed by atoms with Crippen molar-refractivity contribution in [3.63, 3.8) is 0 Å². The summed E-state index contributed by atoms with van der Waals surface area (Å²) in [6.45, 7) is 5.25. The number of hydrogen-bond acceptors (Lipinski definition) is 1. The summed E-state index contributed by atoms with van der Waals surface area (Å²) >= 11 is 0. The summed E-state index contributed by atoms with van der Waals surface area (Å²) in [6.07, 6.45) is 6.40. The van der Waals surface area contributed by atoms with E-state index in [1.807, 2.05) is 12.1 Å². The average Bonchev–Trinajstić information content (AvgIpc) is 2.83. The normalized spacial score (nSPS) is 18.1. The highest BCUT2D eigenvalue weighted by Gasteiger charge is 2.19. The Hall–Kier alpha value is -2.98. The molecule has 0 bridgehead atoms. The van der Waals surface area contributed by atoms with Gasteiger partial charge < -0.3 is 4.74 Å². The van der Waals surface area contributed by atoms with E-state index in [9.17, 15) is 0 Å². The predicted molar refractivity (Wildman–Crippen MR) is 130 cm³/mol. The molecule has 1 saturated carbocycles. The molecule has 0 unspecified atom stereocenters. The number of hydrogen-bond donors (Lipinski definition) is 0. The van der Waals surface area contributed by atoms with Crippen molar-refractivity contribution in [1.29, 1.82) is 0 Å². The van der Waals surface area contributed by atoms with Gasteiger partial charge in [-0.2, -0.15) is 0 Å². The predicted octanol–water partition coefficient (Wildman–Crippen LogP) is 7.84. The van der Waals surface area contributed by atoms with Crippen LogP contribution >= 0.6 is 0 Å². The van der Waals surface area contributed by atoms with E-state index in [0.717, 1.165) is 41.7 Å². The molecule has 0 spiro atoms. The highest BCUT2D eigenvalue weighted by atomic mass is 16.5. The Morgan fingerprint density at radius 3 is 1.77 bits per heavy atom. The van der Waals surface area contributed by atoms with Gasteiger partial charge in [-0.25, -0.2) is 0 Å². The molecule has 158 valence electrons. The van der Waals surface area contributed by atoms with Crippen molar-refractivity contribution in [3.05, 3.63) is 89.5 Å². The topological polar surface area (TPSA) is 9.23 Å². The molecular weight excluding hydrogens is 376 g/mol. The molecule has 0 heterocycles. The highest BCUT2D eigenvalue weighted by Crippen LogP contribution is 2.35. The van der Waals surface area contributed by atoms with Crippen molar-refractivity contribution in [3.8, 4) is 28.7 Å².